The third-order valence-corrected chi connectivity index (χ3v) is 4.01. The topological polar surface area (TPSA) is 29.5 Å². The molecule has 2 nitrogen and oxygen atoms in total. The number of ether oxygens (including phenoxy) is 1. The van der Waals surface area contributed by atoms with E-state index < -0.39 is 12.5 Å². The first-order valence-corrected chi connectivity index (χ1v) is 7.48. The number of hydrogen-bond donors (Lipinski definition) is 1. The third-order valence-electron chi connectivity index (χ3n) is 4.01. The molecule has 0 spiro atoms. The van der Waals surface area contributed by atoms with Crippen molar-refractivity contribution in [1.82, 2.24) is 0 Å². The first kappa shape index (κ1) is 16.1. The smallest absolute Gasteiger partial charge is 0.406 e. The van der Waals surface area contributed by atoms with Crippen molar-refractivity contribution in [2.24, 2.45) is 5.92 Å². The van der Waals surface area contributed by atoms with Gasteiger partial charge in [-0.15, -0.1) is 13.2 Å². The molecule has 1 aromatic rings. The molecular weight excluding hydrogens is 281 g/mol. The highest BCUT2D eigenvalue weighted by molar-refractivity contribution is 5.30. The molecule has 5 heteroatoms. The second-order valence-electron chi connectivity index (χ2n) is 5.73. The molecule has 0 heterocycles. The molecule has 1 aromatic carbocycles. The molecule has 0 aromatic heterocycles. The highest BCUT2D eigenvalue weighted by atomic mass is 19.4. The fourth-order valence-corrected chi connectivity index (χ4v) is 2.97. The van der Waals surface area contributed by atoms with E-state index in [1.165, 1.54) is 43.9 Å². The number of halogens is 3. The van der Waals surface area contributed by atoms with Crippen LogP contribution in [0.5, 0.6) is 5.75 Å². The number of alkyl halides is 3. The summed E-state index contributed by atoms with van der Waals surface area (Å²) in [4.78, 5) is 0. The van der Waals surface area contributed by atoms with Gasteiger partial charge in [0, 0.05) is 0 Å². The molecule has 2 rings (SSSR count). The van der Waals surface area contributed by atoms with Gasteiger partial charge in [0.1, 0.15) is 5.75 Å². The minimum atomic E-state index is -4.70. The van der Waals surface area contributed by atoms with Crippen LogP contribution in [0.1, 0.15) is 56.6 Å². The summed E-state index contributed by atoms with van der Waals surface area (Å²) in [7, 11) is 0. The van der Waals surface area contributed by atoms with Crippen molar-refractivity contribution in [3.8, 4) is 5.75 Å². The largest absolute Gasteiger partial charge is 0.573 e. The molecule has 1 atom stereocenters. The molecule has 1 unspecified atom stereocenters. The van der Waals surface area contributed by atoms with Gasteiger partial charge in [-0.3, -0.25) is 0 Å². The zero-order valence-electron chi connectivity index (χ0n) is 11.9. The molecule has 0 aliphatic heterocycles. The second-order valence-corrected chi connectivity index (χ2v) is 5.73. The lowest BCUT2D eigenvalue weighted by Gasteiger charge is -2.19. The van der Waals surface area contributed by atoms with Crippen molar-refractivity contribution < 1.29 is 23.0 Å². The Kier molecular flexibility index (Phi) is 5.51. The maximum Gasteiger partial charge on any atom is 0.573 e. The summed E-state index contributed by atoms with van der Waals surface area (Å²) in [6.07, 6.45) is 2.18. The monoisotopic (exact) mass is 302 g/mol. The van der Waals surface area contributed by atoms with E-state index in [2.05, 4.69) is 4.74 Å². The molecular formula is C16H21F3O2. The van der Waals surface area contributed by atoms with Gasteiger partial charge in [0.2, 0.25) is 0 Å². The number of aliphatic hydroxyl groups is 1. The molecule has 1 aliphatic rings. The minimum absolute atomic E-state index is 0.278. The Morgan fingerprint density at radius 1 is 1.14 bits per heavy atom. The van der Waals surface area contributed by atoms with Gasteiger partial charge in [0.05, 0.1) is 6.10 Å². The van der Waals surface area contributed by atoms with Crippen LogP contribution in [-0.2, 0) is 0 Å². The van der Waals surface area contributed by atoms with Crippen molar-refractivity contribution in [2.75, 3.05) is 0 Å². The van der Waals surface area contributed by atoms with Crippen molar-refractivity contribution in [2.45, 2.75) is 57.4 Å². The maximum absolute atomic E-state index is 12.2. The van der Waals surface area contributed by atoms with Gasteiger partial charge in [0.15, 0.2) is 0 Å². The average Bonchev–Trinajstić information content (AvgIpc) is 2.65. The van der Waals surface area contributed by atoms with Crippen LogP contribution in [-0.4, -0.2) is 11.5 Å². The lowest BCUT2D eigenvalue weighted by atomic mass is 9.91. The van der Waals surface area contributed by atoms with Gasteiger partial charge in [-0.1, -0.05) is 50.7 Å². The van der Waals surface area contributed by atoms with Gasteiger partial charge in [0.25, 0.3) is 0 Å². The molecule has 1 fully saturated rings. The fraction of sp³-hybridized carbons (Fsp3) is 0.625. The molecule has 1 aliphatic carbocycles. The van der Waals surface area contributed by atoms with Crippen molar-refractivity contribution >= 4 is 0 Å². The van der Waals surface area contributed by atoms with Crippen LogP contribution in [0, 0.1) is 5.92 Å². The fourth-order valence-electron chi connectivity index (χ4n) is 2.97. The van der Waals surface area contributed by atoms with Crippen LogP contribution in [0.4, 0.5) is 13.2 Å². The molecule has 0 saturated heterocycles. The first-order chi connectivity index (χ1) is 9.94. The van der Waals surface area contributed by atoms with E-state index in [1.807, 2.05) is 0 Å². The van der Waals surface area contributed by atoms with Crippen molar-refractivity contribution in [1.29, 1.82) is 0 Å². The standard InChI is InChI=1S/C16H21F3O2/c17-16(18,19)21-14-9-5-8-13(11-14)15(20)10-12-6-3-1-2-4-7-12/h5,8-9,11-12,15,20H,1-4,6-7,10H2. The average molecular weight is 302 g/mol. The normalized spacial score (nSPS) is 19.0. The highest BCUT2D eigenvalue weighted by Crippen LogP contribution is 2.32. The Balaban J connectivity index is 1.98. The Labute approximate surface area is 122 Å². The lowest BCUT2D eigenvalue weighted by molar-refractivity contribution is -0.274. The summed E-state index contributed by atoms with van der Waals surface area (Å²) in [5.41, 5.74) is 0.487. The second kappa shape index (κ2) is 7.16. The molecule has 21 heavy (non-hydrogen) atoms. The van der Waals surface area contributed by atoms with E-state index >= 15 is 0 Å². The summed E-state index contributed by atoms with van der Waals surface area (Å²) >= 11 is 0. The number of hydrogen-bond acceptors (Lipinski definition) is 2. The maximum atomic E-state index is 12.2. The molecule has 0 radical (unpaired) electrons. The summed E-state index contributed by atoms with van der Waals surface area (Å²) in [6, 6.07) is 5.64. The van der Waals surface area contributed by atoms with Gasteiger partial charge in [-0.2, -0.15) is 0 Å². The summed E-state index contributed by atoms with van der Waals surface area (Å²) in [6.45, 7) is 0. The van der Waals surface area contributed by atoms with E-state index in [-0.39, 0.29) is 5.75 Å². The van der Waals surface area contributed by atoms with Gasteiger partial charge in [-0.05, 0) is 30.0 Å². The van der Waals surface area contributed by atoms with E-state index in [4.69, 9.17) is 0 Å². The predicted octanol–water partition coefficient (Wildman–Crippen LogP) is 4.98. The molecule has 1 saturated carbocycles. The molecule has 0 amide bonds. The van der Waals surface area contributed by atoms with Crippen LogP contribution in [0.25, 0.3) is 0 Å². The van der Waals surface area contributed by atoms with E-state index in [0.717, 1.165) is 12.8 Å². The number of benzene rings is 1. The van der Waals surface area contributed by atoms with Crippen LogP contribution >= 0.6 is 0 Å². The van der Waals surface area contributed by atoms with Crippen molar-refractivity contribution in [3.05, 3.63) is 29.8 Å². The van der Waals surface area contributed by atoms with Crippen LogP contribution in [0.2, 0.25) is 0 Å². The Morgan fingerprint density at radius 2 is 1.81 bits per heavy atom. The summed E-state index contributed by atoms with van der Waals surface area (Å²) in [5.74, 6) is 0.176. The third kappa shape index (κ3) is 5.58. The zero-order valence-corrected chi connectivity index (χ0v) is 11.9. The van der Waals surface area contributed by atoms with Gasteiger partial charge < -0.3 is 9.84 Å². The first-order valence-electron chi connectivity index (χ1n) is 7.48. The number of rotatable bonds is 4. The molecule has 1 N–H and O–H groups in total. The van der Waals surface area contributed by atoms with Gasteiger partial charge >= 0.3 is 6.36 Å². The Hall–Kier alpha value is -1.23. The van der Waals surface area contributed by atoms with E-state index in [9.17, 15) is 18.3 Å². The predicted molar refractivity (Wildman–Crippen MR) is 73.9 cm³/mol. The quantitative estimate of drug-likeness (QED) is 0.795. The van der Waals surface area contributed by atoms with E-state index in [0.29, 0.717) is 17.9 Å². The van der Waals surface area contributed by atoms with Gasteiger partial charge in [-0.25, -0.2) is 0 Å². The minimum Gasteiger partial charge on any atom is -0.406 e. The van der Waals surface area contributed by atoms with Crippen LogP contribution in [0.3, 0.4) is 0 Å². The van der Waals surface area contributed by atoms with Crippen LogP contribution < -0.4 is 4.74 Å². The Morgan fingerprint density at radius 3 is 2.43 bits per heavy atom. The summed E-state index contributed by atoms with van der Waals surface area (Å²) < 4.78 is 40.5. The highest BCUT2D eigenvalue weighted by Gasteiger charge is 2.31. The molecule has 118 valence electrons. The zero-order chi connectivity index (χ0) is 15.3. The van der Waals surface area contributed by atoms with E-state index in [1.54, 1.807) is 6.07 Å². The number of aliphatic hydroxyl groups excluding tert-OH is 1. The van der Waals surface area contributed by atoms with Crippen LogP contribution in [0.15, 0.2) is 24.3 Å². The molecule has 0 bridgehead atoms. The summed E-state index contributed by atoms with van der Waals surface area (Å²) in [5, 5.41) is 10.3. The Bertz CT molecular complexity index is 437. The van der Waals surface area contributed by atoms with Crippen molar-refractivity contribution in [3.63, 3.8) is 0 Å². The SMILES string of the molecule is OC(CC1CCCCCC1)c1cccc(OC(F)(F)F)c1. The lowest BCUT2D eigenvalue weighted by Crippen LogP contribution is -2.17.